The first-order valence-electron chi connectivity index (χ1n) is 17.9. The minimum atomic E-state index is -0.288. The van der Waals surface area contributed by atoms with E-state index in [4.69, 9.17) is 10.2 Å². The molecule has 0 radical (unpaired) electrons. The minimum absolute atomic E-state index is 0.00306. The SMILES string of the molecule is CCCCCCCCC(CCCCCCCCCO)C(CCCCCCCC)CCCCCCCC(=O)CO. The van der Waals surface area contributed by atoms with Gasteiger partial charge in [-0.15, -0.1) is 0 Å². The van der Waals surface area contributed by atoms with Crippen LogP contribution in [0.5, 0.6) is 0 Å². The number of unbranched alkanes of at least 4 members (excludes halogenated alkanes) is 20. The van der Waals surface area contributed by atoms with E-state index in [-0.39, 0.29) is 12.4 Å². The molecule has 0 saturated carbocycles. The van der Waals surface area contributed by atoms with Gasteiger partial charge in [0.25, 0.3) is 0 Å². The van der Waals surface area contributed by atoms with Gasteiger partial charge in [-0.3, -0.25) is 4.79 Å². The van der Waals surface area contributed by atoms with Crippen molar-refractivity contribution in [3.63, 3.8) is 0 Å². The number of aliphatic hydroxyl groups is 2. The van der Waals surface area contributed by atoms with Crippen LogP contribution in [0.3, 0.4) is 0 Å². The average Bonchev–Trinajstić information content (AvgIpc) is 2.95. The third-order valence-electron chi connectivity index (χ3n) is 8.96. The topological polar surface area (TPSA) is 57.5 Å². The highest BCUT2D eigenvalue weighted by atomic mass is 16.3. The van der Waals surface area contributed by atoms with Crippen LogP contribution in [-0.2, 0) is 4.79 Å². The van der Waals surface area contributed by atoms with E-state index in [0.29, 0.717) is 13.0 Å². The second kappa shape index (κ2) is 32.1. The minimum Gasteiger partial charge on any atom is -0.396 e. The van der Waals surface area contributed by atoms with E-state index in [1.807, 2.05) is 0 Å². The lowest BCUT2D eigenvalue weighted by molar-refractivity contribution is -0.121. The molecule has 2 unspecified atom stereocenters. The Bertz CT molecular complexity index is 478. The van der Waals surface area contributed by atoms with E-state index < -0.39 is 0 Å². The predicted octanol–water partition coefficient (Wildman–Crippen LogP) is 11.1. The summed E-state index contributed by atoms with van der Waals surface area (Å²) in [5, 5.41) is 17.9. The van der Waals surface area contributed by atoms with Crippen LogP contribution >= 0.6 is 0 Å². The molecule has 0 amide bonds. The van der Waals surface area contributed by atoms with Crippen LogP contribution in [0, 0.1) is 11.8 Å². The van der Waals surface area contributed by atoms with Gasteiger partial charge in [0.2, 0.25) is 0 Å². The molecular weight excluding hydrogens is 480 g/mol. The molecule has 0 spiro atoms. The van der Waals surface area contributed by atoms with Crippen LogP contribution in [0.15, 0.2) is 0 Å². The van der Waals surface area contributed by atoms with Gasteiger partial charge in [0.15, 0.2) is 5.78 Å². The van der Waals surface area contributed by atoms with Crippen molar-refractivity contribution in [1.82, 2.24) is 0 Å². The summed E-state index contributed by atoms with van der Waals surface area (Å²) in [4.78, 5) is 11.3. The molecule has 0 bridgehead atoms. The number of carbonyl (C=O) groups excluding carboxylic acids is 1. The zero-order chi connectivity index (χ0) is 28.7. The van der Waals surface area contributed by atoms with Crippen LogP contribution in [0.2, 0.25) is 0 Å². The highest BCUT2D eigenvalue weighted by Gasteiger charge is 2.20. The number of aliphatic hydroxyl groups excluding tert-OH is 2. The van der Waals surface area contributed by atoms with Gasteiger partial charge in [0.05, 0.1) is 0 Å². The van der Waals surface area contributed by atoms with Crippen LogP contribution < -0.4 is 0 Å². The summed E-state index contributed by atoms with van der Waals surface area (Å²) >= 11 is 0. The molecular formula is C36H72O3. The third kappa shape index (κ3) is 27.5. The van der Waals surface area contributed by atoms with Crippen molar-refractivity contribution in [1.29, 1.82) is 0 Å². The Hall–Kier alpha value is -0.410. The molecule has 2 atom stereocenters. The number of rotatable bonds is 33. The molecule has 0 rings (SSSR count). The third-order valence-corrected chi connectivity index (χ3v) is 8.96. The molecule has 3 nitrogen and oxygen atoms in total. The predicted molar refractivity (Wildman–Crippen MR) is 171 cm³/mol. The molecule has 0 aliphatic carbocycles. The van der Waals surface area contributed by atoms with Crippen molar-refractivity contribution in [3.8, 4) is 0 Å². The zero-order valence-electron chi connectivity index (χ0n) is 26.9. The van der Waals surface area contributed by atoms with Crippen LogP contribution in [0.4, 0.5) is 0 Å². The van der Waals surface area contributed by atoms with E-state index in [1.165, 1.54) is 161 Å². The highest BCUT2D eigenvalue weighted by Crippen LogP contribution is 2.33. The molecule has 0 aromatic heterocycles. The van der Waals surface area contributed by atoms with Crippen molar-refractivity contribution in [2.24, 2.45) is 11.8 Å². The molecule has 0 aromatic carbocycles. The lowest BCUT2D eigenvalue weighted by Gasteiger charge is -2.28. The quantitative estimate of drug-likeness (QED) is 0.0796. The van der Waals surface area contributed by atoms with Crippen molar-refractivity contribution < 1.29 is 15.0 Å². The number of hydrogen-bond acceptors (Lipinski definition) is 3. The summed E-state index contributed by atoms with van der Waals surface area (Å²) in [5.74, 6) is 1.83. The molecule has 0 aliphatic heterocycles. The Morgan fingerprint density at radius 3 is 1.08 bits per heavy atom. The van der Waals surface area contributed by atoms with E-state index >= 15 is 0 Å². The number of carbonyl (C=O) groups is 1. The summed E-state index contributed by atoms with van der Waals surface area (Å²) < 4.78 is 0. The van der Waals surface area contributed by atoms with Gasteiger partial charge in [-0.1, -0.05) is 181 Å². The molecule has 3 heteroatoms. The Morgan fingerprint density at radius 2 is 0.744 bits per heavy atom. The normalized spacial score (nSPS) is 13.1. The maximum Gasteiger partial charge on any atom is 0.158 e. The summed E-state index contributed by atoms with van der Waals surface area (Å²) in [5.41, 5.74) is 0. The summed E-state index contributed by atoms with van der Waals surface area (Å²) in [6.45, 7) is 4.68. The van der Waals surface area contributed by atoms with E-state index in [2.05, 4.69) is 13.8 Å². The van der Waals surface area contributed by atoms with Crippen molar-refractivity contribution in [3.05, 3.63) is 0 Å². The smallest absolute Gasteiger partial charge is 0.158 e. The zero-order valence-corrected chi connectivity index (χ0v) is 26.9. The standard InChI is InChI=1S/C36H72O3/c1-3-5-7-9-15-21-27-34(29-23-17-12-11-13-20-26-32-37)35(28-22-16-10-8-6-4-2)30-24-18-14-19-25-31-36(39)33-38/h34-35,37-38H,3-33H2,1-2H3. The molecule has 0 aromatic rings. The lowest BCUT2D eigenvalue weighted by atomic mass is 9.78. The van der Waals surface area contributed by atoms with Crippen LogP contribution in [0.25, 0.3) is 0 Å². The fourth-order valence-corrected chi connectivity index (χ4v) is 6.35. The summed E-state index contributed by atoms with van der Waals surface area (Å²) in [7, 11) is 0. The Morgan fingerprint density at radius 1 is 0.436 bits per heavy atom. The van der Waals surface area contributed by atoms with Gasteiger partial charge in [-0.05, 0) is 24.7 Å². The van der Waals surface area contributed by atoms with Crippen LogP contribution in [-0.4, -0.2) is 29.2 Å². The molecule has 0 heterocycles. The Balaban J connectivity index is 4.72. The second-order valence-corrected chi connectivity index (χ2v) is 12.6. The molecule has 0 saturated heterocycles. The Labute approximate surface area is 245 Å². The Kier molecular flexibility index (Phi) is 31.8. The van der Waals surface area contributed by atoms with Gasteiger partial charge < -0.3 is 10.2 Å². The largest absolute Gasteiger partial charge is 0.396 e. The summed E-state index contributed by atoms with van der Waals surface area (Å²) in [6, 6.07) is 0. The maximum absolute atomic E-state index is 11.3. The van der Waals surface area contributed by atoms with Crippen LogP contribution in [0.1, 0.15) is 200 Å². The van der Waals surface area contributed by atoms with E-state index in [1.54, 1.807) is 0 Å². The average molecular weight is 553 g/mol. The van der Waals surface area contributed by atoms with Gasteiger partial charge in [-0.25, -0.2) is 0 Å². The molecule has 0 aliphatic rings. The van der Waals surface area contributed by atoms with Gasteiger partial charge in [-0.2, -0.15) is 0 Å². The first kappa shape index (κ1) is 38.6. The maximum atomic E-state index is 11.3. The number of Topliss-reactive ketones (excluding diaryl/α,β-unsaturated/α-hetero) is 1. The highest BCUT2D eigenvalue weighted by molar-refractivity contribution is 5.79. The van der Waals surface area contributed by atoms with Gasteiger partial charge in [0, 0.05) is 13.0 Å². The van der Waals surface area contributed by atoms with Crippen molar-refractivity contribution in [2.75, 3.05) is 13.2 Å². The first-order chi connectivity index (χ1) is 19.2. The van der Waals surface area contributed by atoms with Gasteiger partial charge in [0.1, 0.15) is 6.61 Å². The lowest BCUT2D eigenvalue weighted by Crippen LogP contribution is -2.16. The molecule has 39 heavy (non-hydrogen) atoms. The molecule has 2 N–H and O–H groups in total. The van der Waals surface area contributed by atoms with Gasteiger partial charge >= 0.3 is 0 Å². The number of hydrogen-bond donors (Lipinski definition) is 2. The second-order valence-electron chi connectivity index (χ2n) is 12.6. The van der Waals surface area contributed by atoms with E-state index in [0.717, 1.165) is 31.1 Å². The molecule has 234 valence electrons. The number of ketones is 1. The van der Waals surface area contributed by atoms with E-state index in [9.17, 15) is 4.79 Å². The summed E-state index contributed by atoms with van der Waals surface area (Å²) in [6.07, 6.45) is 38.1. The fraction of sp³-hybridized carbons (Fsp3) is 0.972. The fourth-order valence-electron chi connectivity index (χ4n) is 6.35. The molecule has 0 fully saturated rings. The van der Waals surface area contributed by atoms with Crippen molar-refractivity contribution >= 4 is 5.78 Å². The first-order valence-corrected chi connectivity index (χ1v) is 17.9. The monoisotopic (exact) mass is 553 g/mol. The van der Waals surface area contributed by atoms with Crippen molar-refractivity contribution in [2.45, 2.75) is 200 Å².